The van der Waals surface area contributed by atoms with Crippen LogP contribution in [0.1, 0.15) is 23.1 Å². The fourth-order valence-electron chi connectivity index (χ4n) is 3.13. The van der Waals surface area contributed by atoms with Crippen LogP contribution in [0.5, 0.6) is 11.5 Å². The molecule has 0 N–H and O–H groups in total. The van der Waals surface area contributed by atoms with Gasteiger partial charge in [0.2, 0.25) is 0 Å². The van der Waals surface area contributed by atoms with E-state index in [2.05, 4.69) is 48.6 Å². The second kappa shape index (κ2) is 5.38. The predicted octanol–water partition coefficient (Wildman–Crippen LogP) is 4.70. The van der Waals surface area contributed by atoms with Crippen molar-refractivity contribution in [2.24, 2.45) is 5.92 Å². The summed E-state index contributed by atoms with van der Waals surface area (Å²) in [5.74, 6) is 3.19. The normalized spacial score (nSPS) is 18.8. The Morgan fingerprint density at radius 2 is 1.95 bits per heavy atom. The molecule has 110 valence electrons. The van der Waals surface area contributed by atoms with Crippen molar-refractivity contribution >= 4 is 12.2 Å². The lowest BCUT2D eigenvalue weighted by Crippen LogP contribution is -2.04. The summed E-state index contributed by atoms with van der Waals surface area (Å²) < 4.78 is 11.6. The molecular weight excluding hydrogens is 272 g/mol. The van der Waals surface area contributed by atoms with E-state index in [1.807, 2.05) is 12.1 Å². The van der Waals surface area contributed by atoms with E-state index in [0.717, 1.165) is 30.1 Å². The minimum Gasteiger partial charge on any atom is -0.497 e. The number of hydrogen-bond acceptors (Lipinski definition) is 2. The molecule has 1 aliphatic carbocycles. The molecule has 0 bridgehead atoms. The zero-order valence-corrected chi connectivity index (χ0v) is 12.6. The summed E-state index contributed by atoms with van der Waals surface area (Å²) in [6, 6.07) is 14.5. The van der Waals surface area contributed by atoms with Crippen molar-refractivity contribution in [3.05, 3.63) is 71.0 Å². The van der Waals surface area contributed by atoms with Crippen LogP contribution in [0.2, 0.25) is 0 Å². The van der Waals surface area contributed by atoms with Crippen LogP contribution in [-0.4, -0.2) is 7.11 Å². The van der Waals surface area contributed by atoms with E-state index in [-0.39, 0.29) is 0 Å². The van der Waals surface area contributed by atoms with E-state index in [0.29, 0.717) is 5.92 Å². The molecule has 0 spiro atoms. The molecule has 22 heavy (non-hydrogen) atoms. The highest BCUT2D eigenvalue weighted by Gasteiger charge is 2.22. The molecule has 2 aromatic carbocycles. The van der Waals surface area contributed by atoms with E-state index in [1.54, 1.807) is 7.11 Å². The van der Waals surface area contributed by atoms with Crippen LogP contribution in [0, 0.1) is 5.92 Å². The van der Waals surface area contributed by atoms with Gasteiger partial charge in [-0.15, -0.1) is 0 Å². The quantitative estimate of drug-likeness (QED) is 0.757. The number of hydrogen-bond donors (Lipinski definition) is 0. The highest BCUT2D eigenvalue weighted by atomic mass is 16.5. The van der Waals surface area contributed by atoms with Gasteiger partial charge in [-0.1, -0.05) is 36.4 Å². The first-order valence-corrected chi connectivity index (χ1v) is 7.67. The third kappa shape index (κ3) is 2.31. The van der Waals surface area contributed by atoms with E-state index in [1.165, 1.54) is 16.7 Å². The van der Waals surface area contributed by atoms with Crippen LogP contribution in [0.4, 0.5) is 0 Å². The van der Waals surface area contributed by atoms with Crippen LogP contribution in [0.15, 0.2) is 54.3 Å². The van der Waals surface area contributed by atoms with Crippen LogP contribution in [-0.2, 0) is 6.42 Å². The Balaban J connectivity index is 1.77. The minimum absolute atomic E-state index is 0.325. The largest absolute Gasteiger partial charge is 0.497 e. The molecule has 1 atom stereocenters. The first-order valence-electron chi connectivity index (χ1n) is 7.67. The molecule has 0 saturated heterocycles. The highest BCUT2D eigenvalue weighted by molar-refractivity contribution is 5.69. The molecule has 0 aromatic heterocycles. The molecule has 0 fully saturated rings. The third-order valence-corrected chi connectivity index (χ3v) is 4.39. The van der Waals surface area contributed by atoms with Crippen molar-refractivity contribution in [3.8, 4) is 11.5 Å². The number of methoxy groups -OCH3 is 1. The highest BCUT2D eigenvalue weighted by Crippen LogP contribution is 2.37. The lowest BCUT2D eigenvalue weighted by molar-refractivity contribution is 0.382. The van der Waals surface area contributed by atoms with Crippen molar-refractivity contribution in [2.75, 3.05) is 7.11 Å². The number of allylic oxidation sites excluding steroid dienone is 1. The summed E-state index contributed by atoms with van der Waals surface area (Å²) in [4.78, 5) is 0. The second-order valence-corrected chi connectivity index (χ2v) is 5.76. The fourth-order valence-corrected chi connectivity index (χ4v) is 3.13. The number of benzene rings is 2. The lowest BCUT2D eigenvalue weighted by atomic mass is 9.98. The maximum atomic E-state index is 6.25. The van der Waals surface area contributed by atoms with Crippen molar-refractivity contribution in [3.63, 3.8) is 0 Å². The Bertz CT molecular complexity index is 771. The van der Waals surface area contributed by atoms with Crippen molar-refractivity contribution in [1.82, 2.24) is 0 Å². The van der Waals surface area contributed by atoms with Gasteiger partial charge in [0.15, 0.2) is 0 Å². The zero-order chi connectivity index (χ0) is 14.9. The Hall–Kier alpha value is -2.48. The van der Waals surface area contributed by atoms with E-state index < -0.39 is 0 Å². The van der Waals surface area contributed by atoms with Crippen LogP contribution in [0.3, 0.4) is 0 Å². The predicted molar refractivity (Wildman–Crippen MR) is 88.9 cm³/mol. The summed E-state index contributed by atoms with van der Waals surface area (Å²) >= 11 is 0. The monoisotopic (exact) mass is 290 g/mol. The SMILES string of the molecule is COc1ccc2c(c1)CCC1C=Cc3ccccc3C=C1O2. The molecule has 0 saturated carbocycles. The van der Waals surface area contributed by atoms with Gasteiger partial charge in [-0.25, -0.2) is 0 Å². The zero-order valence-electron chi connectivity index (χ0n) is 12.6. The van der Waals surface area contributed by atoms with Gasteiger partial charge in [0.05, 0.1) is 7.11 Å². The Labute approximate surface area is 130 Å². The second-order valence-electron chi connectivity index (χ2n) is 5.76. The van der Waals surface area contributed by atoms with Gasteiger partial charge in [0.25, 0.3) is 0 Å². The first-order chi connectivity index (χ1) is 10.8. The van der Waals surface area contributed by atoms with E-state index in [4.69, 9.17) is 9.47 Å². The van der Waals surface area contributed by atoms with Crippen molar-refractivity contribution in [2.45, 2.75) is 12.8 Å². The summed E-state index contributed by atoms with van der Waals surface area (Å²) in [5, 5.41) is 0. The molecule has 4 rings (SSSR count). The van der Waals surface area contributed by atoms with Crippen LogP contribution >= 0.6 is 0 Å². The van der Waals surface area contributed by atoms with Gasteiger partial charge in [-0.3, -0.25) is 0 Å². The minimum atomic E-state index is 0.325. The topological polar surface area (TPSA) is 18.5 Å². The summed E-state index contributed by atoms with van der Waals surface area (Å²) in [6.07, 6.45) is 8.70. The third-order valence-electron chi connectivity index (χ3n) is 4.39. The maximum Gasteiger partial charge on any atom is 0.130 e. The maximum absolute atomic E-state index is 6.25. The van der Waals surface area contributed by atoms with Gasteiger partial charge in [-0.05, 0) is 53.8 Å². The number of rotatable bonds is 1. The number of aryl methyl sites for hydroxylation is 1. The first kappa shape index (κ1) is 13.2. The van der Waals surface area contributed by atoms with Gasteiger partial charge < -0.3 is 9.47 Å². The Morgan fingerprint density at radius 1 is 1.09 bits per heavy atom. The molecule has 2 aliphatic rings. The molecule has 1 unspecified atom stereocenters. The van der Waals surface area contributed by atoms with Crippen LogP contribution < -0.4 is 9.47 Å². The smallest absolute Gasteiger partial charge is 0.130 e. The van der Waals surface area contributed by atoms with Crippen molar-refractivity contribution < 1.29 is 9.47 Å². The van der Waals surface area contributed by atoms with Gasteiger partial charge in [0, 0.05) is 5.92 Å². The average Bonchev–Trinajstić information content (AvgIpc) is 2.83. The van der Waals surface area contributed by atoms with Crippen molar-refractivity contribution in [1.29, 1.82) is 0 Å². The van der Waals surface area contributed by atoms with E-state index in [9.17, 15) is 0 Å². The Morgan fingerprint density at radius 3 is 2.82 bits per heavy atom. The van der Waals surface area contributed by atoms with Gasteiger partial charge in [0.1, 0.15) is 17.3 Å². The Kier molecular flexibility index (Phi) is 3.23. The molecule has 0 amide bonds. The average molecular weight is 290 g/mol. The molecular formula is C20H18O2. The standard InChI is InChI=1S/C20H18O2/c1-21-18-10-11-19-17(12-18)9-8-15-7-6-14-4-2-3-5-16(14)13-20(15)22-19/h2-7,10-13,15H,8-9H2,1H3. The van der Waals surface area contributed by atoms with Gasteiger partial charge >= 0.3 is 0 Å². The molecule has 0 radical (unpaired) electrons. The number of fused-ring (bicyclic) bond motifs is 3. The van der Waals surface area contributed by atoms with Crippen LogP contribution in [0.25, 0.3) is 12.2 Å². The van der Waals surface area contributed by atoms with Gasteiger partial charge in [-0.2, -0.15) is 0 Å². The van der Waals surface area contributed by atoms with E-state index >= 15 is 0 Å². The lowest BCUT2D eigenvalue weighted by Gasteiger charge is -2.13. The summed E-state index contributed by atoms with van der Waals surface area (Å²) in [6.45, 7) is 0. The fraction of sp³-hybridized carbons (Fsp3) is 0.200. The molecule has 2 heteroatoms. The summed E-state index contributed by atoms with van der Waals surface area (Å²) in [5.41, 5.74) is 3.69. The molecule has 1 heterocycles. The summed E-state index contributed by atoms with van der Waals surface area (Å²) in [7, 11) is 1.70. The number of ether oxygens (including phenoxy) is 2. The molecule has 2 nitrogen and oxygen atoms in total. The molecule has 1 aliphatic heterocycles. The molecule has 2 aromatic rings.